The van der Waals surface area contributed by atoms with Gasteiger partial charge in [-0.1, -0.05) is 22.0 Å². The molecule has 0 saturated carbocycles. The standard InChI is InChI=1S/C13H16BrN/c14-11-5-3-10-4-6-13(12(10)9-11)15-7-1-2-8-15/h3,5,9,13H,1-2,4,6-8H2. The second kappa shape index (κ2) is 3.91. The van der Waals surface area contributed by atoms with E-state index < -0.39 is 0 Å². The summed E-state index contributed by atoms with van der Waals surface area (Å²) in [5, 5.41) is 0. The monoisotopic (exact) mass is 265 g/mol. The van der Waals surface area contributed by atoms with Crippen molar-refractivity contribution in [2.75, 3.05) is 13.1 Å². The molecule has 2 aliphatic rings. The average molecular weight is 266 g/mol. The molecular formula is C13H16BrN. The van der Waals surface area contributed by atoms with Gasteiger partial charge in [0.1, 0.15) is 0 Å². The highest BCUT2D eigenvalue weighted by atomic mass is 79.9. The number of nitrogens with zero attached hydrogens (tertiary/aromatic N) is 1. The topological polar surface area (TPSA) is 3.24 Å². The lowest BCUT2D eigenvalue weighted by molar-refractivity contribution is 0.245. The summed E-state index contributed by atoms with van der Waals surface area (Å²) in [7, 11) is 0. The fraction of sp³-hybridized carbons (Fsp3) is 0.538. The van der Waals surface area contributed by atoms with Crippen molar-refractivity contribution in [3.05, 3.63) is 33.8 Å². The van der Waals surface area contributed by atoms with Crippen LogP contribution in [0.25, 0.3) is 0 Å². The molecule has 0 radical (unpaired) electrons. The molecule has 80 valence electrons. The summed E-state index contributed by atoms with van der Waals surface area (Å²) in [6.45, 7) is 2.60. The molecule has 0 aromatic heterocycles. The third-order valence-electron chi connectivity index (χ3n) is 3.74. The molecule has 1 aliphatic carbocycles. The zero-order chi connectivity index (χ0) is 10.3. The van der Waals surface area contributed by atoms with Crippen molar-refractivity contribution in [2.45, 2.75) is 31.7 Å². The first-order valence-electron chi connectivity index (χ1n) is 5.87. The Kier molecular flexibility index (Phi) is 2.57. The molecule has 1 nitrogen and oxygen atoms in total. The molecule has 0 spiro atoms. The van der Waals surface area contributed by atoms with Crippen LogP contribution < -0.4 is 0 Å². The van der Waals surface area contributed by atoms with Crippen LogP contribution in [-0.2, 0) is 6.42 Å². The Morgan fingerprint density at radius 2 is 2.00 bits per heavy atom. The first-order chi connectivity index (χ1) is 7.34. The molecule has 3 rings (SSSR count). The molecule has 0 amide bonds. The number of hydrogen-bond donors (Lipinski definition) is 0. The Labute approximate surface area is 99.6 Å². The zero-order valence-electron chi connectivity index (χ0n) is 8.88. The number of likely N-dealkylation sites (tertiary alicyclic amines) is 1. The lowest BCUT2D eigenvalue weighted by Crippen LogP contribution is -2.23. The van der Waals surface area contributed by atoms with Gasteiger partial charge < -0.3 is 0 Å². The Bertz CT molecular complexity index is 369. The number of halogens is 1. The van der Waals surface area contributed by atoms with E-state index in [1.807, 2.05) is 0 Å². The van der Waals surface area contributed by atoms with Crippen molar-refractivity contribution < 1.29 is 0 Å². The van der Waals surface area contributed by atoms with Gasteiger partial charge in [0.05, 0.1) is 0 Å². The molecular weight excluding hydrogens is 250 g/mol. The third kappa shape index (κ3) is 1.74. The summed E-state index contributed by atoms with van der Waals surface area (Å²) in [5.74, 6) is 0. The lowest BCUT2D eigenvalue weighted by atomic mass is 10.1. The van der Waals surface area contributed by atoms with Crippen molar-refractivity contribution in [1.82, 2.24) is 4.90 Å². The third-order valence-corrected chi connectivity index (χ3v) is 4.23. The lowest BCUT2D eigenvalue weighted by Gasteiger charge is -2.24. The van der Waals surface area contributed by atoms with E-state index in [2.05, 4.69) is 39.0 Å². The molecule has 1 saturated heterocycles. The highest BCUT2D eigenvalue weighted by Crippen LogP contribution is 2.38. The fourth-order valence-corrected chi connectivity index (χ4v) is 3.36. The smallest absolute Gasteiger partial charge is 0.0354 e. The van der Waals surface area contributed by atoms with E-state index in [0.717, 1.165) is 0 Å². The molecule has 1 atom stereocenters. The Hall–Kier alpha value is -0.340. The first kappa shape index (κ1) is 9.86. The molecule has 1 heterocycles. The Morgan fingerprint density at radius 3 is 2.80 bits per heavy atom. The highest BCUT2D eigenvalue weighted by molar-refractivity contribution is 9.10. The van der Waals surface area contributed by atoms with Crippen molar-refractivity contribution in [2.24, 2.45) is 0 Å². The molecule has 1 aromatic carbocycles. The SMILES string of the molecule is Brc1ccc2c(c1)C(N1CCCC1)CC2. The summed E-state index contributed by atoms with van der Waals surface area (Å²) >= 11 is 3.58. The molecule has 1 aromatic rings. The maximum absolute atomic E-state index is 3.58. The van der Waals surface area contributed by atoms with Crippen LogP contribution in [0.1, 0.15) is 36.4 Å². The zero-order valence-corrected chi connectivity index (χ0v) is 10.5. The molecule has 0 N–H and O–H groups in total. The van der Waals surface area contributed by atoms with Gasteiger partial charge in [0, 0.05) is 10.5 Å². The van der Waals surface area contributed by atoms with Crippen LogP contribution in [-0.4, -0.2) is 18.0 Å². The van der Waals surface area contributed by atoms with Gasteiger partial charge in [0.2, 0.25) is 0 Å². The molecule has 2 heteroatoms. The Balaban J connectivity index is 1.92. The number of benzene rings is 1. The molecule has 0 bridgehead atoms. The summed E-state index contributed by atoms with van der Waals surface area (Å²) in [6.07, 6.45) is 5.37. The predicted octanol–water partition coefficient (Wildman–Crippen LogP) is 3.53. The quantitative estimate of drug-likeness (QED) is 0.751. The van der Waals surface area contributed by atoms with Crippen LogP contribution >= 0.6 is 15.9 Å². The molecule has 1 fully saturated rings. The van der Waals surface area contributed by atoms with E-state index >= 15 is 0 Å². The average Bonchev–Trinajstić information content (AvgIpc) is 2.83. The summed E-state index contributed by atoms with van der Waals surface area (Å²) in [4.78, 5) is 2.66. The highest BCUT2D eigenvalue weighted by Gasteiger charge is 2.29. The van der Waals surface area contributed by atoms with Crippen LogP contribution in [0.15, 0.2) is 22.7 Å². The minimum atomic E-state index is 0.708. The van der Waals surface area contributed by atoms with Crippen LogP contribution in [0.3, 0.4) is 0 Å². The van der Waals surface area contributed by atoms with E-state index in [9.17, 15) is 0 Å². The first-order valence-corrected chi connectivity index (χ1v) is 6.66. The van der Waals surface area contributed by atoms with Crippen LogP contribution in [0.5, 0.6) is 0 Å². The minimum absolute atomic E-state index is 0.708. The number of rotatable bonds is 1. The molecule has 1 unspecified atom stereocenters. The van der Waals surface area contributed by atoms with Crippen molar-refractivity contribution in [1.29, 1.82) is 0 Å². The van der Waals surface area contributed by atoms with E-state index in [1.54, 1.807) is 11.1 Å². The largest absolute Gasteiger partial charge is 0.296 e. The summed E-state index contributed by atoms with van der Waals surface area (Å²) in [5.41, 5.74) is 3.14. The maximum Gasteiger partial charge on any atom is 0.0354 e. The summed E-state index contributed by atoms with van der Waals surface area (Å²) in [6, 6.07) is 7.49. The van der Waals surface area contributed by atoms with Gasteiger partial charge >= 0.3 is 0 Å². The fourth-order valence-electron chi connectivity index (χ4n) is 2.98. The van der Waals surface area contributed by atoms with Gasteiger partial charge in [-0.25, -0.2) is 0 Å². The Morgan fingerprint density at radius 1 is 1.20 bits per heavy atom. The predicted molar refractivity (Wildman–Crippen MR) is 66.0 cm³/mol. The number of aryl methyl sites for hydroxylation is 1. The van der Waals surface area contributed by atoms with Crippen molar-refractivity contribution in [3.63, 3.8) is 0 Å². The van der Waals surface area contributed by atoms with E-state index in [0.29, 0.717) is 6.04 Å². The minimum Gasteiger partial charge on any atom is -0.296 e. The number of fused-ring (bicyclic) bond motifs is 1. The molecule has 15 heavy (non-hydrogen) atoms. The van der Waals surface area contributed by atoms with Gasteiger partial charge in [0.15, 0.2) is 0 Å². The van der Waals surface area contributed by atoms with Gasteiger partial charge in [-0.05, 0) is 62.0 Å². The normalized spacial score (nSPS) is 25.8. The van der Waals surface area contributed by atoms with Crippen LogP contribution in [0.4, 0.5) is 0 Å². The van der Waals surface area contributed by atoms with E-state index in [4.69, 9.17) is 0 Å². The van der Waals surface area contributed by atoms with Crippen LogP contribution in [0.2, 0.25) is 0 Å². The summed E-state index contributed by atoms with van der Waals surface area (Å²) < 4.78 is 1.23. The van der Waals surface area contributed by atoms with E-state index in [1.165, 1.54) is 43.2 Å². The van der Waals surface area contributed by atoms with Gasteiger partial charge in [-0.2, -0.15) is 0 Å². The van der Waals surface area contributed by atoms with Crippen molar-refractivity contribution in [3.8, 4) is 0 Å². The maximum atomic E-state index is 3.58. The van der Waals surface area contributed by atoms with E-state index in [-0.39, 0.29) is 0 Å². The second-order valence-corrected chi connectivity index (χ2v) is 5.56. The van der Waals surface area contributed by atoms with Crippen LogP contribution in [0, 0.1) is 0 Å². The second-order valence-electron chi connectivity index (χ2n) is 4.64. The van der Waals surface area contributed by atoms with Crippen molar-refractivity contribution >= 4 is 15.9 Å². The van der Waals surface area contributed by atoms with Gasteiger partial charge in [0.25, 0.3) is 0 Å². The van der Waals surface area contributed by atoms with Gasteiger partial charge in [-0.15, -0.1) is 0 Å². The molecule has 1 aliphatic heterocycles. The van der Waals surface area contributed by atoms with Gasteiger partial charge in [-0.3, -0.25) is 4.90 Å². The number of hydrogen-bond acceptors (Lipinski definition) is 1.